The van der Waals surface area contributed by atoms with Crippen LogP contribution in [0.5, 0.6) is 0 Å². The molecule has 0 bridgehead atoms. The van der Waals surface area contributed by atoms with Crippen LogP contribution in [0.1, 0.15) is 0 Å². The minimum Gasteiger partial charge on any atom is -0.456 e. The van der Waals surface area contributed by atoms with Gasteiger partial charge in [0.05, 0.1) is 33.3 Å². The van der Waals surface area contributed by atoms with Crippen molar-refractivity contribution in [1.29, 1.82) is 0 Å². The van der Waals surface area contributed by atoms with Gasteiger partial charge in [-0.1, -0.05) is 115 Å². The molecular formula is C48H28N4O. The van der Waals surface area contributed by atoms with E-state index in [0.717, 1.165) is 82.5 Å². The van der Waals surface area contributed by atoms with E-state index in [-0.39, 0.29) is 0 Å². The van der Waals surface area contributed by atoms with Crippen molar-refractivity contribution < 1.29 is 4.42 Å². The van der Waals surface area contributed by atoms with E-state index in [0.29, 0.717) is 5.95 Å². The summed E-state index contributed by atoms with van der Waals surface area (Å²) in [6.07, 6.45) is 0. The van der Waals surface area contributed by atoms with Gasteiger partial charge in [0.1, 0.15) is 11.2 Å². The molecule has 0 saturated heterocycles. The molecule has 0 spiro atoms. The second kappa shape index (κ2) is 10.6. The molecule has 12 rings (SSSR count). The summed E-state index contributed by atoms with van der Waals surface area (Å²) in [5.74, 6) is 0.632. The van der Waals surface area contributed by atoms with Gasteiger partial charge in [-0.15, -0.1) is 0 Å². The first-order valence-corrected chi connectivity index (χ1v) is 17.9. The van der Waals surface area contributed by atoms with Crippen LogP contribution in [-0.2, 0) is 0 Å². The van der Waals surface area contributed by atoms with Crippen molar-refractivity contribution in [3.63, 3.8) is 0 Å². The van der Waals surface area contributed by atoms with Crippen LogP contribution in [0.4, 0.5) is 0 Å². The number of benzene rings is 8. The van der Waals surface area contributed by atoms with Crippen LogP contribution in [0.25, 0.3) is 110 Å². The van der Waals surface area contributed by atoms with Crippen LogP contribution in [0.15, 0.2) is 174 Å². The molecule has 4 aromatic heterocycles. The van der Waals surface area contributed by atoms with Gasteiger partial charge in [0.2, 0.25) is 5.95 Å². The van der Waals surface area contributed by atoms with Gasteiger partial charge in [0.25, 0.3) is 0 Å². The van der Waals surface area contributed by atoms with Crippen LogP contribution < -0.4 is 0 Å². The fourth-order valence-electron chi connectivity index (χ4n) is 8.65. The molecule has 8 aromatic carbocycles. The lowest BCUT2D eigenvalue weighted by molar-refractivity contribution is 0.669. The van der Waals surface area contributed by atoms with Gasteiger partial charge in [0, 0.05) is 54.3 Å². The zero-order valence-corrected chi connectivity index (χ0v) is 28.4. The van der Waals surface area contributed by atoms with Crippen molar-refractivity contribution in [2.75, 3.05) is 0 Å². The first kappa shape index (κ1) is 28.5. The Morgan fingerprint density at radius 1 is 0.396 bits per heavy atom. The fourth-order valence-corrected chi connectivity index (χ4v) is 8.65. The molecular weight excluding hydrogens is 649 g/mol. The summed E-state index contributed by atoms with van der Waals surface area (Å²) < 4.78 is 11.1. The molecule has 0 fully saturated rings. The SMILES string of the molecule is c1ccc(-c2nc(-n3c4cc5c(cc4c4c6c(ccc7oc8ccccc8c76)ccc43)c3ccccc3n5-c3ccccc3)nc3ccccc23)cc1. The van der Waals surface area contributed by atoms with Gasteiger partial charge < -0.3 is 8.98 Å². The van der Waals surface area contributed by atoms with E-state index < -0.39 is 0 Å². The van der Waals surface area contributed by atoms with Gasteiger partial charge in [-0.25, -0.2) is 9.97 Å². The van der Waals surface area contributed by atoms with Gasteiger partial charge in [0.15, 0.2) is 0 Å². The zero-order chi connectivity index (χ0) is 34.6. The number of nitrogens with zero attached hydrogens (tertiary/aromatic N) is 4. The number of aromatic nitrogens is 4. The number of hydrogen-bond acceptors (Lipinski definition) is 3. The molecule has 0 unspecified atom stereocenters. The Hall–Kier alpha value is -7.24. The van der Waals surface area contributed by atoms with E-state index in [1.165, 1.54) is 21.7 Å². The van der Waals surface area contributed by atoms with Crippen molar-refractivity contribution >= 4 is 87.2 Å². The molecule has 0 radical (unpaired) electrons. The van der Waals surface area contributed by atoms with E-state index in [1.54, 1.807) is 0 Å². The van der Waals surface area contributed by atoms with Crippen LogP contribution >= 0.6 is 0 Å². The standard InChI is InChI=1S/C48H28N4O/c1-3-13-30(14-4-1)47-33-18-7-10-20-37(33)49-48(50-47)52-39-25-23-29-24-26-43-46(34-19-9-12-22-42(34)53-43)44(29)45(39)36-27-35-32-17-8-11-21-38(32)51(40(35)28-41(36)52)31-15-5-2-6-16-31/h1-28H. The van der Waals surface area contributed by atoms with Crippen molar-refractivity contribution in [1.82, 2.24) is 19.1 Å². The smallest absolute Gasteiger partial charge is 0.235 e. The highest BCUT2D eigenvalue weighted by atomic mass is 16.3. The molecule has 0 N–H and O–H groups in total. The van der Waals surface area contributed by atoms with Crippen molar-refractivity contribution in [2.24, 2.45) is 0 Å². The van der Waals surface area contributed by atoms with E-state index in [9.17, 15) is 0 Å². The average Bonchev–Trinajstić information content (AvgIpc) is 3.87. The molecule has 246 valence electrons. The average molecular weight is 677 g/mol. The van der Waals surface area contributed by atoms with Crippen molar-refractivity contribution in [2.45, 2.75) is 0 Å². The van der Waals surface area contributed by atoms with Crippen LogP contribution in [-0.4, -0.2) is 19.1 Å². The van der Waals surface area contributed by atoms with E-state index in [4.69, 9.17) is 14.4 Å². The Bertz CT molecular complexity index is 3450. The topological polar surface area (TPSA) is 48.8 Å². The van der Waals surface area contributed by atoms with Gasteiger partial charge in [-0.05, 0) is 60.0 Å². The third-order valence-electron chi connectivity index (χ3n) is 10.9. The number of rotatable bonds is 3. The Labute approximate surface area is 302 Å². The van der Waals surface area contributed by atoms with Crippen LogP contribution in [0.3, 0.4) is 0 Å². The molecule has 5 nitrogen and oxygen atoms in total. The van der Waals surface area contributed by atoms with Crippen molar-refractivity contribution in [3.05, 3.63) is 170 Å². The summed E-state index contributed by atoms with van der Waals surface area (Å²) in [7, 11) is 0. The molecule has 5 heteroatoms. The molecule has 0 amide bonds. The summed E-state index contributed by atoms with van der Waals surface area (Å²) in [4.78, 5) is 10.7. The summed E-state index contributed by atoms with van der Waals surface area (Å²) in [5, 5.41) is 10.3. The number of fused-ring (bicyclic) bond motifs is 13. The third kappa shape index (κ3) is 3.96. The minimum absolute atomic E-state index is 0.632. The molecule has 0 aliphatic heterocycles. The first-order valence-electron chi connectivity index (χ1n) is 17.9. The predicted octanol–water partition coefficient (Wildman–Crippen LogP) is 12.5. The van der Waals surface area contributed by atoms with Crippen LogP contribution in [0.2, 0.25) is 0 Å². The first-order chi connectivity index (χ1) is 26.3. The van der Waals surface area contributed by atoms with Gasteiger partial charge in [-0.3, -0.25) is 4.57 Å². The largest absolute Gasteiger partial charge is 0.456 e. The summed E-state index contributed by atoms with van der Waals surface area (Å²) in [5.41, 5.74) is 10.1. The number of para-hydroxylation sites is 4. The predicted molar refractivity (Wildman–Crippen MR) is 218 cm³/mol. The maximum absolute atomic E-state index is 6.47. The summed E-state index contributed by atoms with van der Waals surface area (Å²) >= 11 is 0. The maximum Gasteiger partial charge on any atom is 0.235 e. The molecule has 53 heavy (non-hydrogen) atoms. The zero-order valence-electron chi connectivity index (χ0n) is 28.4. The van der Waals surface area contributed by atoms with Crippen LogP contribution in [0, 0.1) is 0 Å². The van der Waals surface area contributed by atoms with Crippen molar-refractivity contribution in [3.8, 4) is 22.9 Å². The second-order valence-electron chi connectivity index (χ2n) is 13.8. The quantitative estimate of drug-likeness (QED) is 0.187. The van der Waals surface area contributed by atoms with E-state index >= 15 is 0 Å². The number of furan rings is 1. The third-order valence-corrected chi connectivity index (χ3v) is 10.9. The second-order valence-corrected chi connectivity index (χ2v) is 13.8. The maximum atomic E-state index is 6.47. The highest BCUT2D eigenvalue weighted by Gasteiger charge is 2.23. The lowest BCUT2D eigenvalue weighted by Crippen LogP contribution is -2.03. The Kier molecular flexibility index (Phi) is 5.71. The Balaban J connectivity index is 1.32. The lowest BCUT2D eigenvalue weighted by Gasteiger charge is -2.12. The highest BCUT2D eigenvalue weighted by Crippen LogP contribution is 2.45. The monoisotopic (exact) mass is 676 g/mol. The molecule has 0 aliphatic carbocycles. The molecule has 4 heterocycles. The molecule has 12 aromatic rings. The summed E-state index contributed by atoms with van der Waals surface area (Å²) in [6.45, 7) is 0. The van der Waals surface area contributed by atoms with Gasteiger partial charge in [-0.2, -0.15) is 0 Å². The fraction of sp³-hybridized carbons (Fsp3) is 0. The molecule has 0 atom stereocenters. The highest BCUT2D eigenvalue weighted by molar-refractivity contribution is 6.33. The molecule has 0 aliphatic rings. The Morgan fingerprint density at radius 2 is 1.09 bits per heavy atom. The lowest BCUT2D eigenvalue weighted by atomic mass is 9.98. The number of hydrogen-bond donors (Lipinski definition) is 0. The summed E-state index contributed by atoms with van der Waals surface area (Å²) in [6, 6.07) is 59.9. The van der Waals surface area contributed by atoms with Gasteiger partial charge >= 0.3 is 0 Å². The van der Waals surface area contributed by atoms with E-state index in [1.807, 2.05) is 12.1 Å². The minimum atomic E-state index is 0.632. The normalized spacial score (nSPS) is 12.2. The Morgan fingerprint density at radius 3 is 1.96 bits per heavy atom. The molecule has 0 saturated carbocycles. The van der Waals surface area contributed by atoms with E-state index in [2.05, 4.69) is 167 Å².